The van der Waals surface area contributed by atoms with Gasteiger partial charge in [-0.1, -0.05) is 30.3 Å². The molecule has 0 radical (unpaired) electrons. The molecule has 220 valence electrons. The molecule has 2 amide bonds. The van der Waals surface area contributed by atoms with Crippen molar-refractivity contribution in [1.82, 2.24) is 9.88 Å². The van der Waals surface area contributed by atoms with Gasteiger partial charge in [0.25, 0.3) is 0 Å². The van der Waals surface area contributed by atoms with Crippen LogP contribution in [-0.4, -0.2) is 60.1 Å². The lowest BCUT2D eigenvalue weighted by Crippen LogP contribution is -2.43. The van der Waals surface area contributed by atoms with Gasteiger partial charge in [0.15, 0.2) is 5.88 Å². The van der Waals surface area contributed by atoms with Crippen molar-refractivity contribution in [2.24, 2.45) is 4.99 Å². The molecule has 5 rings (SSSR count). The van der Waals surface area contributed by atoms with Crippen LogP contribution >= 0.6 is 7.60 Å². The van der Waals surface area contributed by atoms with Crippen molar-refractivity contribution >= 4 is 46.9 Å². The molecule has 4 aromatic rings. The molecule has 0 unspecified atom stereocenters. The Balaban J connectivity index is 1.56. The van der Waals surface area contributed by atoms with Crippen LogP contribution in [0.25, 0.3) is 10.9 Å². The molecule has 1 aliphatic heterocycles. The minimum atomic E-state index is -3.56. The quantitative estimate of drug-likeness (QED) is 0.162. The number of anilines is 1. The van der Waals surface area contributed by atoms with Gasteiger partial charge in [-0.2, -0.15) is 0 Å². The highest BCUT2D eigenvalue weighted by Crippen LogP contribution is 2.47. The predicted molar refractivity (Wildman–Crippen MR) is 168 cm³/mol. The van der Waals surface area contributed by atoms with E-state index in [0.29, 0.717) is 33.2 Å². The Hall–Kier alpha value is -3.91. The molecular formula is C32H37N4O5P. The fraction of sp³-hybridized carbons (Fsp3) is 0.312. The summed E-state index contributed by atoms with van der Waals surface area (Å²) in [4.78, 5) is 24.6. The van der Waals surface area contributed by atoms with Gasteiger partial charge in [-0.05, 0) is 75.6 Å². The summed E-state index contributed by atoms with van der Waals surface area (Å²) < 4.78 is 24.7. The number of hydrogen-bond acceptors (Lipinski definition) is 6. The van der Waals surface area contributed by atoms with Crippen LogP contribution in [0.1, 0.15) is 44.2 Å². The van der Waals surface area contributed by atoms with E-state index in [1.165, 1.54) is 0 Å². The Morgan fingerprint density at radius 3 is 2.29 bits per heavy atom. The van der Waals surface area contributed by atoms with Gasteiger partial charge in [-0.25, -0.2) is 9.79 Å². The lowest BCUT2D eigenvalue weighted by Gasteiger charge is -2.31. The zero-order chi connectivity index (χ0) is 29.7. The molecular weight excluding hydrogens is 551 g/mol. The molecule has 1 fully saturated rings. The van der Waals surface area contributed by atoms with Crippen LogP contribution < -0.4 is 10.2 Å². The molecule has 1 saturated heterocycles. The molecule has 1 aromatic heterocycles. The summed E-state index contributed by atoms with van der Waals surface area (Å²) in [6.45, 7) is 5.56. The third kappa shape index (κ3) is 6.14. The van der Waals surface area contributed by atoms with Gasteiger partial charge in [0, 0.05) is 42.3 Å². The van der Waals surface area contributed by atoms with Crippen molar-refractivity contribution in [2.75, 3.05) is 38.3 Å². The third-order valence-electron chi connectivity index (χ3n) is 7.35. The highest BCUT2D eigenvalue weighted by Gasteiger charge is 2.29. The second-order valence-electron chi connectivity index (χ2n) is 10.1. The number of nitrogens with one attached hydrogen (secondary N) is 1. The Bertz CT molecular complexity index is 1600. The number of fused-ring (bicyclic) bond motifs is 1. The van der Waals surface area contributed by atoms with E-state index in [2.05, 4.69) is 4.98 Å². The summed E-state index contributed by atoms with van der Waals surface area (Å²) in [5, 5.41) is 12.2. The van der Waals surface area contributed by atoms with Crippen LogP contribution in [0.5, 0.6) is 5.88 Å². The number of piperidine rings is 1. The molecule has 9 nitrogen and oxygen atoms in total. The van der Waals surface area contributed by atoms with Gasteiger partial charge in [0.1, 0.15) is 0 Å². The number of likely N-dealkylation sites (tertiary alicyclic amines) is 1. The fourth-order valence-electron chi connectivity index (χ4n) is 5.25. The molecule has 0 atom stereocenters. The predicted octanol–water partition coefficient (Wildman–Crippen LogP) is 6.98. The second-order valence-corrected chi connectivity index (χ2v) is 12.2. The number of benzene rings is 3. The van der Waals surface area contributed by atoms with E-state index in [-0.39, 0.29) is 25.1 Å². The van der Waals surface area contributed by atoms with Crippen molar-refractivity contribution in [3.05, 3.63) is 83.9 Å². The van der Waals surface area contributed by atoms with E-state index >= 15 is 0 Å². The average molecular weight is 589 g/mol. The average Bonchev–Trinajstić information content (AvgIpc) is 3.35. The van der Waals surface area contributed by atoms with Crippen LogP contribution in [-0.2, 0) is 13.6 Å². The first-order valence-corrected chi connectivity index (χ1v) is 15.9. The number of urea groups is 1. The molecule has 2 heterocycles. The van der Waals surface area contributed by atoms with Gasteiger partial charge in [0.05, 0.1) is 35.5 Å². The molecule has 2 N–H and O–H groups in total. The summed E-state index contributed by atoms with van der Waals surface area (Å²) in [6.07, 6.45) is 3.23. The van der Waals surface area contributed by atoms with Gasteiger partial charge < -0.3 is 24.0 Å². The number of nitrogens with zero attached hydrogens (tertiary/aromatic N) is 3. The topological polar surface area (TPSA) is 107 Å². The SMILES string of the molecule is CCOP(=O)(OCC)c1ccc2[nH]c(O)c(C(=Nc3ccc(N(C)C(=O)N4CCCCC4)cc3)c3ccccc3)c2c1. The molecule has 10 heteroatoms. The largest absolute Gasteiger partial charge is 0.494 e. The summed E-state index contributed by atoms with van der Waals surface area (Å²) in [6, 6.07) is 22.2. The van der Waals surface area contributed by atoms with Crippen LogP contribution in [0.3, 0.4) is 0 Å². The van der Waals surface area contributed by atoms with Crippen molar-refractivity contribution in [1.29, 1.82) is 0 Å². The molecule has 0 aliphatic carbocycles. The van der Waals surface area contributed by atoms with Crippen LogP contribution in [0.15, 0.2) is 77.8 Å². The van der Waals surface area contributed by atoms with Gasteiger partial charge in [0.2, 0.25) is 0 Å². The minimum Gasteiger partial charge on any atom is -0.494 e. The van der Waals surface area contributed by atoms with Crippen molar-refractivity contribution in [3.8, 4) is 5.88 Å². The maximum atomic E-state index is 13.6. The van der Waals surface area contributed by atoms with E-state index in [1.54, 1.807) is 44.0 Å². The Labute approximate surface area is 246 Å². The molecule has 0 saturated carbocycles. The summed E-state index contributed by atoms with van der Waals surface area (Å²) in [7, 11) is -1.77. The summed E-state index contributed by atoms with van der Waals surface area (Å²) in [5.74, 6) is -0.0594. The van der Waals surface area contributed by atoms with E-state index < -0.39 is 7.60 Å². The first-order chi connectivity index (χ1) is 20.3. The number of aromatic nitrogens is 1. The van der Waals surface area contributed by atoms with E-state index in [9.17, 15) is 14.5 Å². The van der Waals surface area contributed by atoms with Gasteiger partial charge in [-0.15, -0.1) is 0 Å². The van der Waals surface area contributed by atoms with Crippen LogP contribution in [0.2, 0.25) is 0 Å². The van der Waals surface area contributed by atoms with Gasteiger partial charge in [-0.3, -0.25) is 9.46 Å². The Morgan fingerprint density at radius 1 is 0.976 bits per heavy atom. The van der Waals surface area contributed by atoms with Crippen LogP contribution in [0.4, 0.5) is 16.2 Å². The highest BCUT2D eigenvalue weighted by atomic mass is 31.2. The van der Waals surface area contributed by atoms with E-state index in [0.717, 1.165) is 43.6 Å². The smallest absolute Gasteiger partial charge is 0.361 e. The number of aromatic hydroxyl groups is 1. The molecule has 42 heavy (non-hydrogen) atoms. The molecule has 0 bridgehead atoms. The number of carbonyl (C=O) groups is 1. The van der Waals surface area contributed by atoms with Crippen molar-refractivity contribution in [2.45, 2.75) is 33.1 Å². The number of aromatic amines is 1. The lowest BCUT2D eigenvalue weighted by molar-refractivity contribution is 0.194. The normalized spacial score (nSPS) is 14.4. The number of H-pyrrole nitrogens is 1. The molecule has 1 aliphatic rings. The van der Waals surface area contributed by atoms with Crippen LogP contribution in [0, 0.1) is 0 Å². The van der Waals surface area contributed by atoms with E-state index in [4.69, 9.17) is 14.0 Å². The highest BCUT2D eigenvalue weighted by molar-refractivity contribution is 7.62. The molecule has 3 aromatic carbocycles. The van der Waals surface area contributed by atoms with Crippen molar-refractivity contribution in [3.63, 3.8) is 0 Å². The summed E-state index contributed by atoms with van der Waals surface area (Å²) in [5.41, 5.74) is 3.87. The Kier molecular flexibility index (Phi) is 9.12. The minimum absolute atomic E-state index is 0.00756. The fourth-order valence-corrected chi connectivity index (χ4v) is 6.85. The maximum Gasteiger partial charge on any atom is 0.361 e. The number of rotatable bonds is 9. The lowest BCUT2D eigenvalue weighted by atomic mass is 10.0. The number of hydrogen-bond donors (Lipinski definition) is 2. The van der Waals surface area contributed by atoms with Gasteiger partial charge >= 0.3 is 13.6 Å². The monoisotopic (exact) mass is 588 g/mol. The maximum absolute atomic E-state index is 13.6. The Morgan fingerprint density at radius 2 is 1.64 bits per heavy atom. The number of aliphatic imine (C=N–C) groups is 1. The second kappa shape index (κ2) is 12.9. The zero-order valence-corrected chi connectivity index (χ0v) is 25.1. The zero-order valence-electron chi connectivity index (χ0n) is 24.2. The molecule has 0 spiro atoms. The standard InChI is InChI=1S/C32H37N4O5P/c1-4-40-42(39,41-5-2)26-18-19-28-27(22-26)29(31(37)34-28)30(23-12-8-6-9-13-23)33-24-14-16-25(17-15-24)35(3)32(38)36-20-10-7-11-21-36/h6,8-9,12-19,22,34,37H,4-5,7,10-11,20-21H2,1-3H3. The third-order valence-corrected chi connectivity index (χ3v) is 9.46. The first-order valence-electron chi connectivity index (χ1n) is 14.4. The summed E-state index contributed by atoms with van der Waals surface area (Å²) >= 11 is 0. The first kappa shape index (κ1) is 29.6. The number of carbonyl (C=O) groups excluding carboxylic acids is 1. The van der Waals surface area contributed by atoms with Crippen molar-refractivity contribution < 1.29 is 23.5 Å². The number of amides is 2. The van der Waals surface area contributed by atoms with E-state index in [1.807, 2.05) is 59.5 Å².